The molecule has 1 aliphatic carbocycles. The monoisotopic (exact) mass is 424 g/mol. The zero-order chi connectivity index (χ0) is 20.3. The van der Waals surface area contributed by atoms with Gasteiger partial charge in [0.25, 0.3) is 11.8 Å². The first-order chi connectivity index (χ1) is 13.5. The maximum Gasteiger partial charge on any atom is 0.276 e. The molecule has 2 aromatic rings. The SMILES string of the molecule is CCn1nc(C)c(Cl)c1C(=O)Nc1sc2c(c1C(=O)NCCOC)CCCC2. The van der Waals surface area contributed by atoms with Gasteiger partial charge in [0.15, 0.2) is 0 Å². The Labute approximate surface area is 173 Å². The standard InChI is InChI=1S/C19H25ClN4O3S/c1-4-24-16(15(20)11(2)23-24)18(26)22-19-14(17(25)21-9-10-27-3)12-7-5-6-8-13(12)28-19/h4-10H2,1-3H3,(H,21,25)(H,22,26). The molecule has 28 heavy (non-hydrogen) atoms. The Balaban J connectivity index is 1.92. The first-order valence-electron chi connectivity index (χ1n) is 9.43. The van der Waals surface area contributed by atoms with E-state index in [0.29, 0.717) is 46.7 Å². The van der Waals surface area contributed by atoms with Crippen LogP contribution >= 0.6 is 22.9 Å². The number of rotatable bonds is 7. The molecule has 0 bridgehead atoms. The minimum absolute atomic E-state index is 0.182. The van der Waals surface area contributed by atoms with E-state index in [2.05, 4.69) is 15.7 Å². The van der Waals surface area contributed by atoms with Crippen molar-refractivity contribution in [1.82, 2.24) is 15.1 Å². The zero-order valence-electron chi connectivity index (χ0n) is 16.4. The van der Waals surface area contributed by atoms with Gasteiger partial charge < -0.3 is 15.4 Å². The van der Waals surface area contributed by atoms with Crippen molar-refractivity contribution in [3.8, 4) is 0 Å². The summed E-state index contributed by atoms with van der Waals surface area (Å²) in [6.07, 6.45) is 3.92. The van der Waals surface area contributed by atoms with E-state index in [4.69, 9.17) is 16.3 Å². The second-order valence-electron chi connectivity index (χ2n) is 6.68. The van der Waals surface area contributed by atoms with Crippen LogP contribution in [0.25, 0.3) is 0 Å². The van der Waals surface area contributed by atoms with E-state index < -0.39 is 0 Å². The highest BCUT2D eigenvalue weighted by Crippen LogP contribution is 2.38. The summed E-state index contributed by atoms with van der Waals surface area (Å²) in [6.45, 7) is 5.05. The van der Waals surface area contributed by atoms with Crippen molar-refractivity contribution in [2.75, 3.05) is 25.6 Å². The van der Waals surface area contributed by atoms with Gasteiger partial charge in [0.2, 0.25) is 0 Å². The number of hydrogen-bond donors (Lipinski definition) is 2. The highest BCUT2D eigenvalue weighted by Gasteiger charge is 2.28. The Hall–Kier alpha value is -1.90. The Kier molecular flexibility index (Phi) is 6.74. The molecule has 9 heteroatoms. The van der Waals surface area contributed by atoms with Crippen molar-refractivity contribution >= 4 is 39.8 Å². The molecular formula is C19H25ClN4O3S. The lowest BCUT2D eigenvalue weighted by molar-refractivity contribution is 0.0937. The molecular weight excluding hydrogens is 400 g/mol. The van der Waals surface area contributed by atoms with Crippen LogP contribution in [0.1, 0.15) is 56.7 Å². The Morgan fingerprint density at radius 1 is 1.29 bits per heavy atom. The van der Waals surface area contributed by atoms with Gasteiger partial charge in [-0.1, -0.05) is 11.6 Å². The van der Waals surface area contributed by atoms with Crippen LogP contribution in [0.4, 0.5) is 5.00 Å². The van der Waals surface area contributed by atoms with Crippen LogP contribution in [0.2, 0.25) is 5.02 Å². The van der Waals surface area contributed by atoms with E-state index in [1.165, 1.54) is 16.2 Å². The molecule has 0 radical (unpaired) electrons. The minimum Gasteiger partial charge on any atom is -0.383 e. The highest BCUT2D eigenvalue weighted by molar-refractivity contribution is 7.17. The number of fused-ring (bicyclic) bond motifs is 1. The second kappa shape index (κ2) is 9.07. The van der Waals surface area contributed by atoms with Crippen molar-refractivity contribution in [3.05, 3.63) is 32.4 Å². The molecule has 2 heterocycles. The van der Waals surface area contributed by atoms with Crippen LogP contribution in [0, 0.1) is 6.92 Å². The van der Waals surface area contributed by atoms with Crippen molar-refractivity contribution in [2.24, 2.45) is 0 Å². The molecule has 0 aromatic carbocycles. The number of amides is 2. The van der Waals surface area contributed by atoms with Crippen LogP contribution in [0.3, 0.4) is 0 Å². The van der Waals surface area contributed by atoms with Gasteiger partial charge in [0, 0.05) is 25.1 Å². The molecule has 0 aliphatic heterocycles. The number of nitrogens with one attached hydrogen (secondary N) is 2. The number of carbonyl (C=O) groups is 2. The quantitative estimate of drug-likeness (QED) is 0.667. The van der Waals surface area contributed by atoms with Crippen molar-refractivity contribution in [3.63, 3.8) is 0 Å². The van der Waals surface area contributed by atoms with Crippen LogP contribution in [-0.2, 0) is 24.1 Å². The molecule has 0 unspecified atom stereocenters. The topological polar surface area (TPSA) is 85.2 Å². The van der Waals surface area contributed by atoms with Crippen LogP contribution in [0.5, 0.6) is 0 Å². The predicted molar refractivity (Wildman–Crippen MR) is 111 cm³/mol. The molecule has 7 nitrogen and oxygen atoms in total. The lowest BCUT2D eigenvalue weighted by Crippen LogP contribution is -2.29. The Bertz CT molecular complexity index is 890. The molecule has 0 saturated heterocycles. The molecule has 2 amide bonds. The molecule has 0 atom stereocenters. The van der Waals surface area contributed by atoms with Gasteiger partial charge in [-0.05, 0) is 45.1 Å². The van der Waals surface area contributed by atoms with E-state index in [9.17, 15) is 9.59 Å². The molecule has 152 valence electrons. The third-order valence-electron chi connectivity index (χ3n) is 4.79. The predicted octanol–water partition coefficient (Wildman–Crippen LogP) is 3.43. The summed E-state index contributed by atoms with van der Waals surface area (Å²) >= 11 is 7.79. The van der Waals surface area contributed by atoms with E-state index >= 15 is 0 Å². The van der Waals surface area contributed by atoms with Crippen molar-refractivity contribution in [2.45, 2.75) is 46.1 Å². The fourth-order valence-electron chi connectivity index (χ4n) is 3.42. The Morgan fingerprint density at radius 3 is 2.75 bits per heavy atom. The van der Waals surface area contributed by atoms with Crippen LogP contribution in [0.15, 0.2) is 0 Å². The summed E-state index contributed by atoms with van der Waals surface area (Å²) < 4.78 is 6.59. The number of methoxy groups -OCH3 is 1. The van der Waals surface area contributed by atoms with E-state index in [-0.39, 0.29) is 11.8 Å². The van der Waals surface area contributed by atoms with Gasteiger partial charge in [-0.25, -0.2) is 0 Å². The lowest BCUT2D eigenvalue weighted by Gasteiger charge is -2.13. The smallest absolute Gasteiger partial charge is 0.276 e. The number of carbonyl (C=O) groups excluding carboxylic acids is 2. The normalized spacial score (nSPS) is 13.3. The zero-order valence-corrected chi connectivity index (χ0v) is 17.9. The third kappa shape index (κ3) is 4.09. The van der Waals surface area contributed by atoms with Gasteiger partial charge in [0.1, 0.15) is 10.7 Å². The number of hydrogen-bond acceptors (Lipinski definition) is 5. The minimum atomic E-state index is -0.350. The van der Waals surface area contributed by atoms with Gasteiger partial charge >= 0.3 is 0 Å². The molecule has 2 aromatic heterocycles. The first-order valence-corrected chi connectivity index (χ1v) is 10.6. The maximum absolute atomic E-state index is 13.0. The summed E-state index contributed by atoms with van der Waals surface area (Å²) in [6, 6.07) is 0. The number of ether oxygens (including phenoxy) is 1. The van der Waals surface area contributed by atoms with Gasteiger partial charge in [-0.15, -0.1) is 11.3 Å². The molecule has 0 fully saturated rings. The molecule has 2 N–H and O–H groups in total. The van der Waals surface area contributed by atoms with Crippen LogP contribution in [-0.4, -0.2) is 41.9 Å². The number of aromatic nitrogens is 2. The number of anilines is 1. The first kappa shape index (κ1) is 20.8. The van der Waals surface area contributed by atoms with E-state index in [1.807, 2.05) is 6.92 Å². The highest BCUT2D eigenvalue weighted by atomic mass is 35.5. The van der Waals surface area contributed by atoms with E-state index in [0.717, 1.165) is 31.2 Å². The average molecular weight is 425 g/mol. The summed E-state index contributed by atoms with van der Waals surface area (Å²) in [5.41, 5.74) is 2.54. The number of halogens is 1. The summed E-state index contributed by atoms with van der Waals surface area (Å²) in [7, 11) is 1.59. The maximum atomic E-state index is 13.0. The van der Waals surface area contributed by atoms with Gasteiger partial charge in [-0.2, -0.15) is 5.10 Å². The Morgan fingerprint density at radius 2 is 2.04 bits per heavy atom. The van der Waals surface area contributed by atoms with Crippen molar-refractivity contribution < 1.29 is 14.3 Å². The average Bonchev–Trinajstić information content (AvgIpc) is 3.18. The number of thiophene rings is 1. The lowest BCUT2D eigenvalue weighted by atomic mass is 9.95. The second-order valence-corrected chi connectivity index (χ2v) is 8.16. The summed E-state index contributed by atoms with van der Waals surface area (Å²) in [5.74, 6) is -0.532. The van der Waals surface area contributed by atoms with Crippen LogP contribution < -0.4 is 10.6 Å². The van der Waals surface area contributed by atoms with E-state index in [1.54, 1.807) is 18.7 Å². The molecule has 3 rings (SSSR count). The molecule has 0 spiro atoms. The number of nitrogens with zero attached hydrogens (tertiary/aromatic N) is 2. The summed E-state index contributed by atoms with van der Waals surface area (Å²) in [4.78, 5) is 27.0. The third-order valence-corrected chi connectivity index (χ3v) is 6.45. The fourth-order valence-corrected chi connectivity index (χ4v) is 4.92. The molecule has 0 saturated carbocycles. The fraction of sp³-hybridized carbons (Fsp3) is 0.526. The largest absolute Gasteiger partial charge is 0.383 e. The van der Waals surface area contributed by atoms with Gasteiger partial charge in [-0.3, -0.25) is 14.3 Å². The van der Waals surface area contributed by atoms with Crippen molar-refractivity contribution in [1.29, 1.82) is 0 Å². The van der Waals surface area contributed by atoms with Gasteiger partial charge in [0.05, 0.1) is 22.9 Å². The summed E-state index contributed by atoms with van der Waals surface area (Å²) in [5, 5.41) is 11.0. The molecule has 1 aliphatic rings. The number of aryl methyl sites for hydroxylation is 3.